The molecule has 0 aliphatic carbocycles. The number of nitrogens with zero attached hydrogens (tertiary/aromatic N) is 2. The molecule has 1 atom stereocenters. The number of rotatable bonds is 6. The van der Waals surface area contributed by atoms with Gasteiger partial charge in [-0.1, -0.05) is 6.07 Å². The molecule has 1 aromatic heterocycles. The molecule has 0 bridgehead atoms. The molecular formula is C21H27F2N3O2. The number of benzene rings is 1. The summed E-state index contributed by atoms with van der Waals surface area (Å²) in [7, 11) is 0. The van der Waals surface area contributed by atoms with Gasteiger partial charge in [-0.2, -0.15) is 0 Å². The molecule has 0 radical (unpaired) electrons. The van der Waals surface area contributed by atoms with Crippen molar-refractivity contribution in [3.8, 4) is 5.75 Å². The SMILES string of the molecule is O=C1CCCC(CN2CCC(Oc3cccc4c3ccn4CC(F)F)CC2)N1. The summed E-state index contributed by atoms with van der Waals surface area (Å²) in [5.74, 6) is 0.935. The standard InChI is InChI=1S/C21H27F2N3O2/c22-20(23)14-26-12-9-17-18(26)4-2-5-19(17)28-16-7-10-25(11-8-16)13-15-3-1-6-21(27)24-15/h2,4-5,9,12,15-16,20H,1,3,6-8,10-11,13-14H2,(H,24,27). The minimum Gasteiger partial charge on any atom is -0.490 e. The van der Waals surface area contributed by atoms with Gasteiger partial charge in [0.2, 0.25) is 5.91 Å². The van der Waals surface area contributed by atoms with E-state index in [1.54, 1.807) is 10.8 Å². The van der Waals surface area contributed by atoms with Gasteiger partial charge in [0.15, 0.2) is 0 Å². The Kier molecular flexibility index (Phi) is 5.80. The van der Waals surface area contributed by atoms with Crippen LogP contribution in [0.1, 0.15) is 32.1 Å². The smallest absolute Gasteiger partial charge is 0.256 e. The molecular weight excluding hydrogens is 364 g/mol. The molecule has 2 fully saturated rings. The quantitative estimate of drug-likeness (QED) is 0.821. The highest BCUT2D eigenvalue weighted by Crippen LogP contribution is 2.29. The van der Waals surface area contributed by atoms with Crippen molar-refractivity contribution in [1.82, 2.24) is 14.8 Å². The van der Waals surface area contributed by atoms with Gasteiger partial charge in [0, 0.05) is 43.7 Å². The number of fused-ring (bicyclic) bond motifs is 1. The topological polar surface area (TPSA) is 46.5 Å². The van der Waals surface area contributed by atoms with E-state index in [2.05, 4.69) is 10.2 Å². The van der Waals surface area contributed by atoms with E-state index in [-0.39, 0.29) is 24.6 Å². The Morgan fingerprint density at radius 1 is 1.18 bits per heavy atom. The summed E-state index contributed by atoms with van der Waals surface area (Å²) in [6, 6.07) is 7.75. The zero-order chi connectivity index (χ0) is 19.5. The molecule has 0 saturated carbocycles. The number of nitrogens with one attached hydrogen (secondary N) is 1. The number of halogens is 2. The first-order valence-electron chi connectivity index (χ1n) is 10.1. The van der Waals surface area contributed by atoms with E-state index in [9.17, 15) is 13.6 Å². The zero-order valence-corrected chi connectivity index (χ0v) is 15.9. The van der Waals surface area contributed by atoms with Crippen LogP contribution in [-0.2, 0) is 11.3 Å². The van der Waals surface area contributed by atoms with Gasteiger partial charge in [-0.25, -0.2) is 8.78 Å². The van der Waals surface area contributed by atoms with Crippen molar-refractivity contribution in [3.05, 3.63) is 30.5 Å². The maximum absolute atomic E-state index is 12.7. The van der Waals surface area contributed by atoms with Gasteiger partial charge in [-0.3, -0.25) is 4.79 Å². The number of carbonyl (C=O) groups excluding carboxylic acids is 1. The lowest BCUT2D eigenvalue weighted by molar-refractivity contribution is -0.123. The molecule has 2 aliphatic heterocycles. The third-order valence-electron chi connectivity index (χ3n) is 5.74. The lowest BCUT2D eigenvalue weighted by atomic mass is 10.0. The third kappa shape index (κ3) is 4.46. The Morgan fingerprint density at radius 2 is 2.00 bits per heavy atom. The van der Waals surface area contributed by atoms with Crippen molar-refractivity contribution in [1.29, 1.82) is 0 Å². The van der Waals surface area contributed by atoms with Crippen LogP contribution in [0.25, 0.3) is 10.9 Å². The molecule has 0 spiro atoms. The first kappa shape index (κ1) is 19.2. The average Bonchev–Trinajstić information content (AvgIpc) is 3.07. The van der Waals surface area contributed by atoms with Crippen LogP contribution in [0, 0.1) is 0 Å². The Labute approximate surface area is 163 Å². The van der Waals surface area contributed by atoms with Gasteiger partial charge < -0.3 is 19.5 Å². The van der Waals surface area contributed by atoms with Gasteiger partial charge in [-0.15, -0.1) is 0 Å². The molecule has 4 rings (SSSR count). The lowest BCUT2D eigenvalue weighted by Crippen LogP contribution is -2.49. The summed E-state index contributed by atoms with van der Waals surface area (Å²) in [5, 5.41) is 3.97. The summed E-state index contributed by atoms with van der Waals surface area (Å²) in [5.41, 5.74) is 0.781. The summed E-state index contributed by atoms with van der Waals surface area (Å²) >= 11 is 0. The summed E-state index contributed by atoms with van der Waals surface area (Å²) < 4.78 is 33.3. The lowest BCUT2D eigenvalue weighted by Gasteiger charge is -2.35. The van der Waals surface area contributed by atoms with E-state index in [0.717, 1.165) is 62.0 Å². The number of alkyl halides is 2. The Bertz CT molecular complexity index is 815. The second-order valence-corrected chi connectivity index (χ2v) is 7.82. The molecule has 1 aromatic carbocycles. The molecule has 2 aromatic rings. The summed E-state index contributed by atoms with van der Waals surface area (Å²) in [6.07, 6.45) is 3.98. The predicted molar refractivity (Wildman–Crippen MR) is 104 cm³/mol. The van der Waals surface area contributed by atoms with Crippen molar-refractivity contribution in [3.63, 3.8) is 0 Å². The minimum atomic E-state index is -2.38. The van der Waals surface area contributed by atoms with E-state index in [1.807, 2.05) is 24.3 Å². The highest BCUT2D eigenvalue weighted by molar-refractivity contribution is 5.86. The van der Waals surface area contributed by atoms with E-state index < -0.39 is 6.43 Å². The molecule has 1 amide bonds. The average molecular weight is 391 g/mol. The third-order valence-corrected chi connectivity index (χ3v) is 5.74. The van der Waals surface area contributed by atoms with Crippen molar-refractivity contribution in [2.45, 2.75) is 57.2 Å². The first-order valence-corrected chi connectivity index (χ1v) is 10.1. The van der Waals surface area contributed by atoms with E-state index in [4.69, 9.17) is 4.74 Å². The van der Waals surface area contributed by atoms with Gasteiger partial charge in [0.25, 0.3) is 6.43 Å². The number of likely N-dealkylation sites (tertiary alicyclic amines) is 1. The molecule has 3 heterocycles. The van der Waals surface area contributed by atoms with Crippen LogP contribution >= 0.6 is 0 Å². The van der Waals surface area contributed by atoms with Gasteiger partial charge in [-0.05, 0) is 43.9 Å². The molecule has 28 heavy (non-hydrogen) atoms. The van der Waals surface area contributed by atoms with E-state index in [1.165, 1.54) is 0 Å². The Balaban J connectivity index is 1.33. The van der Waals surface area contributed by atoms with Gasteiger partial charge >= 0.3 is 0 Å². The normalized spacial score (nSPS) is 22.0. The number of hydrogen-bond donors (Lipinski definition) is 1. The fraction of sp³-hybridized carbons (Fsp3) is 0.571. The molecule has 152 valence electrons. The van der Waals surface area contributed by atoms with Crippen molar-refractivity contribution >= 4 is 16.8 Å². The number of aromatic nitrogens is 1. The van der Waals surface area contributed by atoms with Crippen LogP contribution in [-0.4, -0.2) is 53.6 Å². The second-order valence-electron chi connectivity index (χ2n) is 7.82. The zero-order valence-electron chi connectivity index (χ0n) is 15.9. The van der Waals surface area contributed by atoms with Crippen molar-refractivity contribution < 1.29 is 18.3 Å². The molecule has 2 aliphatic rings. The summed E-state index contributed by atoms with van der Waals surface area (Å²) in [6.45, 7) is 2.49. The van der Waals surface area contributed by atoms with Crippen LogP contribution in [0.15, 0.2) is 30.5 Å². The van der Waals surface area contributed by atoms with Crippen LogP contribution in [0.2, 0.25) is 0 Å². The highest BCUT2D eigenvalue weighted by Gasteiger charge is 2.25. The molecule has 2 saturated heterocycles. The van der Waals surface area contributed by atoms with E-state index in [0.29, 0.717) is 6.42 Å². The van der Waals surface area contributed by atoms with Crippen LogP contribution in [0.5, 0.6) is 5.75 Å². The van der Waals surface area contributed by atoms with E-state index >= 15 is 0 Å². The molecule has 1 N–H and O–H groups in total. The number of piperidine rings is 2. The largest absolute Gasteiger partial charge is 0.490 e. The van der Waals surface area contributed by atoms with Crippen LogP contribution < -0.4 is 10.1 Å². The maximum atomic E-state index is 12.7. The van der Waals surface area contributed by atoms with Crippen molar-refractivity contribution in [2.24, 2.45) is 0 Å². The maximum Gasteiger partial charge on any atom is 0.256 e. The number of hydrogen-bond acceptors (Lipinski definition) is 3. The van der Waals surface area contributed by atoms with Crippen LogP contribution in [0.3, 0.4) is 0 Å². The first-order chi connectivity index (χ1) is 13.6. The Morgan fingerprint density at radius 3 is 2.75 bits per heavy atom. The number of carbonyl (C=O) groups is 1. The highest BCUT2D eigenvalue weighted by atomic mass is 19.3. The number of amides is 1. The second kappa shape index (κ2) is 8.47. The van der Waals surface area contributed by atoms with Crippen LogP contribution in [0.4, 0.5) is 8.78 Å². The van der Waals surface area contributed by atoms with Gasteiger partial charge in [0.1, 0.15) is 11.9 Å². The molecule has 7 heteroatoms. The molecule has 5 nitrogen and oxygen atoms in total. The Hall–Kier alpha value is -2.15. The predicted octanol–water partition coefficient (Wildman–Crippen LogP) is 3.42. The minimum absolute atomic E-state index is 0.126. The fourth-order valence-electron chi connectivity index (χ4n) is 4.32. The summed E-state index contributed by atoms with van der Waals surface area (Å²) in [4.78, 5) is 13.9. The fourth-order valence-corrected chi connectivity index (χ4v) is 4.32. The van der Waals surface area contributed by atoms with Crippen molar-refractivity contribution in [2.75, 3.05) is 19.6 Å². The monoisotopic (exact) mass is 391 g/mol. The molecule has 1 unspecified atom stereocenters. The van der Waals surface area contributed by atoms with Gasteiger partial charge in [0.05, 0.1) is 12.1 Å². The number of ether oxygens (including phenoxy) is 1.